The average Bonchev–Trinajstić information content (AvgIpc) is 2.37. The van der Waals surface area contributed by atoms with Crippen molar-refractivity contribution in [2.75, 3.05) is 0 Å². The summed E-state index contributed by atoms with van der Waals surface area (Å²) in [7, 11) is 0. The van der Waals surface area contributed by atoms with Gasteiger partial charge in [0.15, 0.2) is 0 Å². The van der Waals surface area contributed by atoms with Gasteiger partial charge in [0, 0.05) is 11.6 Å². The van der Waals surface area contributed by atoms with Gasteiger partial charge in [-0.05, 0) is 23.8 Å². The molecule has 2 aromatic rings. The first kappa shape index (κ1) is 14.0. The van der Waals surface area contributed by atoms with Crippen LogP contribution in [0, 0.1) is 15.9 Å². The van der Waals surface area contributed by atoms with Crippen LogP contribution in [0.3, 0.4) is 0 Å². The van der Waals surface area contributed by atoms with Gasteiger partial charge in [-0.1, -0.05) is 18.2 Å². The van der Waals surface area contributed by atoms with Gasteiger partial charge >= 0.3 is 6.18 Å². The van der Waals surface area contributed by atoms with Crippen LogP contribution in [0.1, 0.15) is 5.56 Å². The van der Waals surface area contributed by atoms with Crippen LogP contribution in [0.4, 0.5) is 23.2 Å². The number of hydrogen-bond acceptors (Lipinski definition) is 2. The topological polar surface area (TPSA) is 43.1 Å². The van der Waals surface area contributed by atoms with Gasteiger partial charge in [-0.15, -0.1) is 0 Å². The summed E-state index contributed by atoms with van der Waals surface area (Å²) in [6.07, 6.45) is -4.89. The van der Waals surface area contributed by atoms with E-state index in [9.17, 15) is 27.7 Å². The SMILES string of the molecule is O=[N+]([O-])c1ccc(-c2ccccc2F)cc1C(F)(F)F. The number of nitro benzene ring substituents is 1. The number of hydrogen-bond donors (Lipinski definition) is 0. The summed E-state index contributed by atoms with van der Waals surface area (Å²) in [5.41, 5.74) is -2.57. The molecule has 0 unspecified atom stereocenters. The number of nitrogens with zero attached hydrogens (tertiary/aromatic N) is 1. The lowest BCUT2D eigenvalue weighted by atomic mass is 10.0. The summed E-state index contributed by atoms with van der Waals surface area (Å²) in [5, 5.41) is 10.6. The fourth-order valence-corrected chi connectivity index (χ4v) is 1.79. The average molecular weight is 285 g/mol. The van der Waals surface area contributed by atoms with Crippen molar-refractivity contribution in [1.82, 2.24) is 0 Å². The first-order valence-corrected chi connectivity index (χ1v) is 5.41. The number of rotatable bonds is 2. The molecule has 0 radical (unpaired) electrons. The molecule has 20 heavy (non-hydrogen) atoms. The summed E-state index contributed by atoms with van der Waals surface area (Å²) in [6, 6.07) is 7.66. The van der Waals surface area contributed by atoms with Crippen LogP contribution in [0.2, 0.25) is 0 Å². The third kappa shape index (κ3) is 2.61. The van der Waals surface area contributed by atoms with Crippen LogP contribution < -0.4 is 0 Å². The highest BCUT2D eigenvalue weighted by atomic mass is 19.4. The molecule has 0 saturated heterocycles. The van der Waals surface area contributed by atoms with Gasteiger partial charge in [-0.3, -0.25) is 10.1 Å². The van der Waals surface area contributed by atoms with Crippen molar-refractivity contribution in [3.63, 3.8) is 0 Å². The van der Waals surface area contributed by atoms with E-state index in [1.165, 1.54) is 18.2 Å². The second kappa shape index (κ2) is 4.92. The number of nitro groups is 1. The van der Waals surface area contributed by atoms with E-state index in [-0.39, 0.29) is 11.1 Å². The molecule has 2 rings (SSSR count). The second-order valence-corrected chi connectivity index (χ2v) is 3.97. The van der Waals surface area contributed by atoms with Crippen molar-refractivity contribution in [2.24, 2.45) is 0 Å². The Balaban J connectivity index is 2.65. The highest BCUT2D eigenvalue weighted by molar-refractivity contribution is 5.67. The highest BCUT2D eigenvalue weighted by Crippen LogP contribution is 2.38. The molecule has 0 aromatic heterocycles. The largest absolute Gasteiger partial charge is 0.423 e. The second-order valence-electron chi connectivity index (χ2n) is 3.97. The van der Waals surface area contributed by atoms with E-state index in [4.69, 9.17) is 0 Å². The van der Waals surface area contributed by atoms with E-state index in [1.807, 2.05) is 0 Å². The Labute approximate surface area is 110 Å². The van der Waals surface area contributed by atoms with Crippen molar-refractivity contribution >= 4 is 5.69 Å². The zero-order valence-corrected chi connectivity index (χ0v) is 9.82. The fraction of sp³-hybridized carbons (Fsp3) is 0.0769. The van der Waals surface area contributed by atoms with E-state index >= 15 is 0 Å². The van der Waals surface area contributed by atoms with Crippen LogP contribution in [0.5, 0.6) is 0 Å². The van der Waals surface area contributed by atoms with Gasteiger partial charge in [0.1, 0.15) is 11.4 Å². The maximum absolute atomic E-state index is 13.5. The number of alkyl halides is 3. The molecule has 0 N–H and O–H groups in total. The first-order chi connectivity index (χ1) is 9.30. The Morgan fingerprint density at radius 1 is 1.05 bits per heavy atom. The Hall–Kier alpha value is -2.44. The van der Waals surface area contributed by atoms with Gasteiger partial charge in [-0.2, -0.15) is 13.2 Å². The Bertz CT molecular complexity index is 668. The lowest BCUT2D eigenvalue weighted by Gasteiger charge is -2.10. The molecule has 7 heteroatoms. The summed E-state index contributed by atoms with van der Waals surface area (Å²) in [4.78, 5) is 9.50. The molecule has 0 aliphatic carbocycles. The minimum Gasteiger partial charge on any atom is -0.258 e. The molecular formula is C13H7F4NO2. The summed E-state index contributed by atoms with van der Waals surface area (Å²) in [6.45, 7) is 0. The zero-order valence-electron chi connectivity index (χ0n) is 9.82. The van der Waals surface area contributed by atoms with Gasteiger partial charge < -0.3 is 0 Å². The molecule has 0 saturated carbocycles. The molecule has 3 nitrogen and oxygen atoms in total. The quantitative estimate of drug-likeness (QED) is 0.465. The molecule has 0 atom stereocenters. The Morgan fingerprint density at radius 2 is 1.70 bits per heavy atom. The Morgan fingerprint density at radius 3 is 2.25 bits per heavy atom. The molecule has 0 fully saturated rings. The van der Waals surface area contributed by atoms with Crippen molar-refractivity contribution in [1.29, 1.82) is 0 Å². The molecule has 0 spiro atoms. The molecule has 104 valence electrons. The molecule has 0 aliphatic rings. The molecule has 0 amide bonds. The third-order valence-corrected chi connectivity index (χ3v) is 2.68. The maximum Gasteiger partial charge on any atom is 0.423 e. The Kier molecular flexibility index (Phi) is 3.44. The highest BCUT2D eigenvalue weighted by Gasteiger charge is 2.38. The number of benzene rings is 2. The van der Waals surface area contributed by atoms with Crippen molar-refractivity contribution in [3.05, 3.63) is 64.0 Å². The lowest BCUT2D eigenvalue weighted by Crippen LogP contribution is -2.09. The fourth-order valence-electron chi connectivity index (χ4n) is 1.79. The minimum atomic E-state index is -4.89. The normalized spacial score (nSPS) is 11.4. The van der Waals surface area contributed by atoms with Crippen LogP contribution >= 0.6 is 0 Å². The third-order valence-electron chi connectivity index (χ3n) is 2.68. The molecule has 2 aromatic carbocycles. The zero-order chi connectivity index (χ0) is 14.9. The van der Waals surface area contributed by atoms with E-state index in [0.717, 1.165) is 18.2 Å². The van der Waals surface area contributed by atoms with Crippen molar-refractivity contribution < 1.29 is 22.5 Å². The maximum atomic E-state index is 13.5. The van der Waals surface area contributed by atoms with Crippen LogP contribution in [0.15, 0.2) is 42.5 Å². The monoisotopic (exact) mass is 285 g/mol. The lowest BCUT2D eigenvalue weighted by molar-refractivity contribution is -0.388. The summed E-state index contributed by atoms with van der Waals surface area (Å²) in [5.74, 6) is -0.700. The van der Waals surface area contributed by atoms with E-state index in [2.05, 4.69) is 0 Å². The van der Waals surface area contributed by atoms with Crippen molar-refractivity contribution in [2.45, 2.75) is 6.18 Å². The molecule has 0 heterocycles. The van der Waals surface area contributed by atoms with Crippen LogP contribution in [-0.4, -0.2) is 4.92 Å². The standard InChI is InChI=1S/C13H7F4NO2/c14-11-4-2-1-3-9(11)8-5-6-12(18(19)20)10(7-8)13(15,16)17/h1-7H. The van der Waals surface area contributed by atoms with Gasteiger partial charge in [0.25, 0.3) is 5.69 Å². The molecule has 0 aliphatic heterocycles. The predicted octanol–water partition coefficient (Wildman–Crippen LogP) is 4.42. The summed E-state index contributed by atoms with van der Waals surface area (Å²) >= 11 is 0. The van der Waals surface area contributed by atoms with Gasteiger partial charge in [0.2, 0.25) is 0 Å². The van der Waals surface area contributed by atoms with Gasteiger partial charge in [-0.25, -0.2) is 4.39 Å². The number of halogens is 4. The molecular weight excluding hydrogens is 278 g/mol. The predicted molar refractivity (Wildman–Crippen MR) is 63.5 cm³/mol. The van der Waals surface area contributed by atoms with Crippen LogP contribution in [-0.2, 0) is 6.18 Å². The summed E-state index contributed by atoms with van der Waals surface area (Å²) < 4.78 is 52.0. The first-order valence-electron chi connectivity index (χ1n) is 5.41. The molecule has 0 bridgehead atoms. The van der Waals surface area contributed by atoms with E-state index in [1.54, 1.807) is 0 Å². The van der Waals surface area contributed by atoms with Crippen LogP contribution in [0.25, 0.3) is 11.1 Å². The van der Waals surface area contributed by atoms with Gasteiger partial charge in [0.05, 0.1) is 4.92 Å². The van der Waals surface area contributed by atoms with E-state index in [0.29, 0.717) is 6.07 Å². The van der Waals surface area contributed by atoms with E-state index < -0.39 is 28.2 Å². The smallest absolute Gasteiger partial charge is 0.258 e. The minimum absolute atomic E-state index is 0.0482. The van der Waals surface area contributed by atoms with Crippen molar-refractivity contribution in [3.8, 4) is 11.1 Å².